The zero-order valence-electron chi connectivity index (χ0n) is 8.31. The molecule has 0 radical (unpaired) electrons. The van der Waals surface area contributed by atoms with Crippen LogP contribution in [-0.2, 0) is 9.59 Å². The van der Waals surface area contributed by atoms with Gasteiger partial charge in [-0.3, -0.25) is 9.59 Å². The highest BCUT2D eigenvalue weighted by molar-refractivity contribution is 14.1. The number of carbonyl (C=O) groups excluding carboxylic acids is 1. The summed E-state index contributed by atoms with van der Waals surface area (Å²) in [6.45, 7) is 0. The number of carboxylic acid groups (broad SMARTS) is 1. The molecule has 0 heterocycles. The molecule has 1 aromatic rings. The fourth-order valence-corrected chi connectivity index (χ4v) is 2.10. The topological polar surface area (TPSA) is 66.4 Å². The predicted molar refractivity (Wildman–Crippen MR) is 67.0 cm³/mol. The van der Waals surface area contributed by atoms with Crippen LogP contribution < -0.4 is 5.32 Å². The lowest BCUT2D eigenvalue weighted by Crippen LogP contribution is -2.16. The second-order valence-corrected chi connectivity index (χ2v) is 5.03. The van der Waals surface area contributed by atoms with Gasteiger partial charge in [0.25, 0.3) is 0 Å². The molecule has 4 nitrogen and oxygen atoms in total. The molecule has 1 amide bonds. The van der Waals surface area contributed by atoms with Crippen LogP contribution in [0.3, 0.4) is 0 Å². The maximum atomic E-state index is 11.6. The fraction of sp³-hybridized carbons (Fsp3) is 0.273. The number of hydrogen-bond acceptors (Lipinski definition) is 2. The first-order valence-electron chi connectivity index (χ1n) is 4.87. The second kappa shape index (κ2) is 4.40. The van der Waals surface area contributed by atoms with Gasteiger partial charge in [0.2, 0.25) is 5.91 Å². The van der Waals surface area contributed by atoms with Gasteiger partial charge in [0.05, 0.1) is 11.8 Å². The molecule has 1 aliphatic rings. The minimum Gasteiger partial charge on any atom is -0.481 e. The Morgan fingerprint density at radius 2 is 2.12 bits per heavy atom. The van der Waals surface area contributed by atoms with Crippen LogP contribution in [0.15, 0.2) is 24.3 Å². The van der Waals surface area contributed by atoms with Gasteiger partial charge in [0.15, 0.2) is 0 Å². The third kappa shape index (κ3) is 2.52. The van der Waals surface area contributed by atoms with Crippen molar-refractivity contribution in [3.63, 3.8) is 0 Å². The Bertz CT molecular complexity index is 447. The molecule has 0 bridgehead atoms. The lowest BCUT2D eigenvalue weighted by atomic mass is 10.2. The monoisotopic (exact) mass is 331 g/mol. The smallest absolute Gasteiger partial charge is 0.307 e. The van der Waals surface area contributed by atoms with Gasteiger partial charge < -0.3 is 10.4 Å². The molecule has 2 N–H and O–H groups in total. The zero-order valence-corrected chi connectivity index (χ0v) is 10.5. The summed E-state index contributed by atoms with van der Waals surface area (Å²) in [5, 5.41) is 11.4. The predicted octanol–water partition coefficient (Wildman–Crippen LogP) is 1.95. The quantitative estimate of drug-likeness (QED) is 0.832. The van der Waals surface area contributed by atoms with Gasteiger partial charge in [-0.05, 0) is 47.2 Å². The Hall–Kier alpha value is -1.11. The van der Waals surface area contributed by atoms with E-state index in [0.717, 1.165) is 3.57 Å². The summed E-state index contributed by atoms with van der Waals surface area (Å²) < 4.78 is 1.03. The Morgan fingerprint density at radius 3 is 2.69 bits per heavy atom. The lowest BCUT2D eigenvalue weighted by molar-refractivity contribution is -0.139. The summed E-state index contributed by atoms with van der Waals surface area (Å²) in [6.07, 6.45) is 0.449. The van der Waals surface area contributed by atoms with Gasteiger partial charge in [-0.25, -0.2) is 0 Å². The first kappa shape index (κ1) is 11.4. The average Bonchev–Trinajstić information content (AvgIpc) is 2.96. The van der Waals surface area contributed by atoms with Crippen LogP contribution in [0.4, 0.5) is 5.69 Å². The molecule has 16 heavy (non-hydrogen) atoms. The van der Waals surface area contributed by atoms with Crippen molar-refractivity contribution in [2.24, 2.45) is 11.8 Å². The number of carbonyl (C=O) groups is 2. The summed E-state index contributed by atoms with van der Waals surface area (Å²) in [4.78, 5) is 22.2. The second-order valence-electron chi connectivity index (χ2n) is 3.79. The normalized spacial score (nSPS) is 22.6. The summed E-state index contributed by atoms with van der Waals surface area (Å²) in [6, 6.07) is 7.40. The van der Waals surface area contributed by atoms with Crippen LogP contribution >= 0.6 is 22.6 Å². The van der Waals surface area contributed by atoms with E-state index in [9.17, 15) is 9.59 Å². The highest BCUT2D eigenvalue weighted by Gasteiger charge is 2.48. The van der Waals surface area contributed by atoms with Crippen molar-refractivity contribution in [3.8, 4) is 0 Å². The first-order chi connectivity index (χ1) is 7.58. The summed E-state index contributed by atoms with van der Waals surface area (Å²) >= 11 is 2.15. The largest absolute Gasteiger partial charge is 0.481 e. The summed E-state index contributed by atoms with van der Waals surface area (Å²) in [5.41, 5.74) is 0.716. The van der Waals surface area contributed by atoms with E-state index >= 15 is 0 Å². The highest BCUT2D eigenvalue weighted by atomic mass is 127. The van der Waals surface area contributed by atoms with E-state index < -0.39 is 11.9 Å². The van der Waals surface area contributed by atoms with Gasteiger partial charge in [-0.1, -0.05) is 6.07 Å². The molecule has 0 aliphatic heterocycles. The van der Waals surface area contributed by atoms with E-state index in [4.69, 9.17) is 5.11 Å². The van der Waals surface area contributed by atoms with Crippen molar-refractivity contribution >= 4 is 40.2 Å². The van der Waals surface area contributed by atoms with E-state index in [1.165, 1.54) is 0 Å². The number of rotatable bonds is 3. The number of anilines is 1. The van der Waals surface area contributed by atoms with Gasteiger partial charge >= 0.3 is 5.97 Å². The van der Waals surface area contributed by atoms with Crippen molar-refractivity contribution in [3.05, 3.63) is 27.8 Å². The average molecular weight is 331 g/mol. The third-order valence-corrected chi connectivity index (χ3v) is 3.21. The lowest BCUT2D eigenvalue weighted by Gasteiger charge is -2.04. The first-order valence-corrected chi connectivity index (χ1v) is 5.95. The van der Waals surface area contributed by atoms with Crippen LogP contribution in [0.2, 0.25) is 0 Å². The van der Waals surface area contributed by atoms with Crippen molar-refractivity contribution in [1.82, 2.24) is 0 Å². The summed E-state index contributed by atoms with van der Waals surface area (Å²) in [7, 11) is 0. The molecule has 0 aromatic heterocycles. The maximum absolute atomic E-state index is 11.6. The molecule has 1 aliphatic carbocycles. The minimum absolute atomic E-state index is 0.200. The maximum Gasteiger partial charge on any atom is 0.307 e. The van der Waals surface area contributed by atoms with E-state index in [2.05, 4.69) is 27.9 Å². The SMILES string of the molecule is O=C(O)[C@H]1C[C@H]1C(=O)Nc1cccc(I)c1. The number of amides is 1. The van der Waals surface area contributed by atoms with Gasteiger partial charge in [-0.2, -0.15) is 0 Å². The Morgan fingerprint density at radius 1 is 1.38 bits per heavy atom. The van der Waals surface area contributed by atoms with Crippen LogP contribution in [0.5, 0.6) is 0 Å². The van der Waals surface area contributed by atoms with Crippen LogP contribution in [-0.4, -0.2) is 17.0 Å². The molecule has 0 saturated heterocycles. The molecule has 1 saturated carbocycles. The molecule has 5 heteroatoms. The molecular formula is C11H10INO3. The number of aliphatic carboxylic acids is 1. The highest BCUT2D eigenvalue weighted by Crippen LogP contribution is 2.39. The van der Waals surface area contributed by atoms with Crippen molar-refractivity contribution in [2.75, 3.05) is 5.32 Å². The van der Waals surface area contributed by atoms with Gasteiger partial charge in [0.1, 0.15) is 0 Å². The Labute approximate surface area is 106 Å². The van der Waals surface area contributed by atoms with E-state index in [1.54, 1.807) is 6.07 Å². The van der Waals surface area contributed by atoms with Crippen LogP contribution in [0.1, 0.15) is 6.42 Å². The number of carboxylic acids is 1. The number of halogens is 1. The van der Waals surface area contributed by atoms with E-state index in [0.29, 0.717) is 12.1 Å². The summed E-state index contributed by atoms with van der Waals surface area (Å²) in [5.74, 6) is -1.95. The molecular weight excluding hydrogens is 321 g/mol. The molecule has 1 fully saturated rings. The molecule has 0 spiro atoms. The van der Waals surface area contributed by atoms with E-state index in [1.807, 2.05) is 18.2 Å². The van der Waals surface area contributed by atoms with Gasteiger partial charge in [-0.15, -0.1) is 0 Å². The third-order valence-electron chi connectivity index (χ3n) is 2.54. The fourth-order valence-electron chi connectivity index (χ4n) is 1.56. The Balaban J connectivity index is 1.96. The molecule has 0 unspecified atom stereocenters. The van der Waals surface area contributed by atoms with E-state index in [-0.39, 0.29) is 11.8 Å². The number of benzene rings is 1. The van der Waals surface area contributed by atoms with Crippen molar-refractivity contribution in [2.45, 2.75) is 6.42 Å². The molecule has 84 valence electrons. The molecule has 2 atom stereocenters. The number of hydrogen-bond donors (Lipinski definition) is 2. The Kier molecular flexibility index (Phi) is 3.13. The van der Waals surface area contributed by atoms with Gasteiger partial charge in [0, 0.05) is 9.26 Å². The van der Waals surface area contributed by atoms with Crippen molar-refractivity contribution < 1.29 is 14.7 Å². The number of nitrogens with one attached hydrogen (secondary N) is 1. The van der Waals surface area contributed by atoms with Crippen LogP contribution in [0, 0.1) is 15.4 Å². The zero-order chi connectivity index (χ0) is 11.7. The minimum atomic E-state index is -0.886. The van der Waals surface area contributed by atoms with Crippen molar-refractivity contribution in [1.29, 1.82) is 0 Å². The van der Waals surface area contributed by atoms with Crippen LogP contribution in [0.25, 0.3) is 0 Å². The standard InChI is InChI=1S/C11H10INO3/c12-6-2-1-3-7(4-6)13-10(14)8-5-9(8)11(15)16/h1-4,8-9H,5H2,(H,13,14)(H,15,16)/t8-,9+/m1/s1. The molecule has 1 aromatic carbocycles. The molecule has 2 rings (SSSR count).